The van der Waals surface area contributed by atoms with Crippen LogP contribution >= 0.6 is 0 Å². The summed E-state index contributed by atoms with van der Waals surface area (Å²) in [5.74, 6) is 1.60. The van der Waals surface area contributed by atoms with Gasteiger partial charge >= 0.3 is 0 Å². The number of nitrogens with zero attached hydrogens (tertiary/aromatic N) is 2. The van der Waals surface area contributed by atoms with Gasteiger partial charge in [-0.3, -0.25) is 4.79 Å². The molecule has 3 heterocycles. The summed E-state index contributed by atoms with van der Waals surface area (Å²) < 4.78 is 5.88. The topological polar surface area (TPSA) is 78.6 Å². The number of rotatable bonds is 4. The SMILES string of the molecule is O=C(N1CCc2oc(Cc3ccccc3)nc2C1)C1(CO)CNC1. The third kappa shape index (κ3) is 2.61. The van der Waals surface area contributed by atoms with Crippen molar-refractivity contribution >= 4 is 5.91 Å². The molecule has 6 nitrogen and oxygen atoms in total. The molecule has 24 heavy (non-hydrogen) atoms. The van der Waals surface area contributed by atoms with E-state index in [4.69, 9.17) is 4.42 Å². The van der Waals surface area contributed by atoms with Crippen molar-refractivity contribution in [1.82, 2.24) is 15.2 Å². The predicted molar refractivity (Wildman–Crippen MR) is 87.3 cm³/mol. The predicted octanol–water partition coefficient (Wildman–Crippen LogP) is 0.732. The first-order valence-corrected chi connectivity index (χ1v) is 8.32. The summed E-state index contributed by atoms with van der Waals surface area (Å²) in [7, 11) is 0. The number of oxazole rings is 1. The van der Waals surface area contributed by atoms with E-state index in [1.54, 1.807) is 4.90 Å². The molecule has 1 aromatic carbocycles. The number of benzene rings is 1. The lowest BCUT2D eigenvalue weighted by Crippen LogP contribution is -2.64. The lowest BCUT2D eigenvalue weighted by Gasteiger charge is -2.43. The Morgan fingerprint density at radius 2 is 2.12 bits per heavy atom. The zero-order valence-electron chi connectivity index (χ0n) is 13.5. The monoisotopic (exact) mass is 327 g/mol. The zero-order valence-corrected chi connectivity index (χ0v) is 13.5. The Hall–Kier alpha value is -2.18. The summed E-state index contributed by atoms with van der Waals surface area (Å²) in [6, 6.07) is 10.1. The minimum atomic E-state index is -0.645. The average Bonchev–Trinajstić information content (AvgIpc) is 2.96. The van der Waals surface area contributed by atoms with Crippen molar-refractivity contribution in [3.8, 4) is 0 Å². The van der Waals surface area contributed by atoms with Crippen molar-refractivity contribution in [3.05, 3.63) is 53.2 Å². The molecule has 1 fully saturated rings. The van der Waals surface area contributed by atoms with Crippen molar-refractivity contribution in [3.63, 3.8) is 0 Å². The highest BCUT2D eigenvalue weighted by Gasteiger charge is 2.46. The lowest BCUT2D eigenvalue weighted by molar-refractivity contribution is -0.149. The van der Waals surface area contributed by atoms with Crippen LogP contribution in [0.4, 0.5) is 0 Å². The molecular weight excluding hydrogens is 306 g/mol. The van der Waals surface area contributed by atoms with Crippen LogP contribution in [-0.2, 0) is 24.2 Å². The number of amides is 1. The maximum atomic E-state index is 12.7. The van der Waals surface area contributed by atoms with Crippen LogP contribution in [0, 0.1) is 5.41 Å². The van der Waals surface area contributed by atoms with E-state index in [2.05, 4.69) is 10.3 Å². The van der Waals surface area contributed by atoms with E-state index in [0.717, 1.165) is 17.0 Å². The summed E-state index contributed by atoms with van der Waals surface area (Å²) in [6.07, 6.45) is 1.34. The van der Waals surface area contributed by atoms with Gasteiger partial charge in [0.25, 0.3) is 0 Å². The Kier molecular flexibility index (Phi) is 3.86. The summed E-state index contributed by atoms with van der Waals surface area (Å²) >= 11 is 0. The molecule has 1 saturated heterocycles. The molecule has 1 amide bonds. The molecule has 0 bridgehead atoms. The molecule has 0 atom stereocenters. The largest absolute Gasteiger partial charge is 0.445 e. The summed E-state index contributed by atoms with van der Waals surface area (Å²) in [5.41, 5.74) is 1.36. The number of carbonyl (C=O) groups is 1. The third-order valence-corrected chi connectivity index (χ3v) is 4.94. The Labute approximate surface area is 140 Å². The number of nitrogens with one attached hydrogen (secondary N) is 1. The molecule has 0 saturated carbocycles. The third-order valence-electron chi connectivity index (χ3n) is 4.94. The summed E-state index contributed by atoms with van der Waals surface area (Å²) in [6.45, 7) is 2.07. The highest BCUT2D eigenvalue weighted by Crippen LogP contribution is 2.29. The van der Waals surface area contributed by atoms with E-state index >= 15 is 0 Å². The maximum Gasteiger partial charge on any atom is 0.234 e. The molecule has 0 unspecified atom stereocenters. The average molecular weight is 327 g/mol. The number of aromatic nitrogens is 1. The maximum absolute atomic E-state index is 12.7. The number of carbonyl (C=O) groups excluding carboxylic acids is 1. The van der Waals surface area contributed by atoms with Gasteiger partial charge in [-0.05, 0) is 5.56 Å². The van der Waals surface area contributed by atoms with Gasteiger partial charge in [0.1, 0.15) is 11.5 Å². The van der Waals surface area contributed by atoms with Gasteiger partial charge in [0, 0.05) is 32.5 Å². The van der Waals surface area contributed by atoms with E-state index in [9.17, 15) is 9.90 Å². The Morgan fingerprint density at radius 3 is 2.79 bits per heavy atom. The van der Waals surface area contributed by atoms with Crippen LogP contribution in [0.15, 0.2) is 34.7 Å². The smallest absolute Gasteiger partial charge is 0.234 e. The van der Waals surface area contributed by atoms with Crippen LogP contribution in [0.5, 0.6) is 0 Å². The van der Waals surface area contributed by atoms with Gasteiger partial charge in [-0.15, -0.1) is 0 Å². The van der Waals surface area contributed by atoms with Crippen LogP contribution in [-0.4, -0.2) is 47.1 Å². The lowest BCUT2D eigenvalue weighted by atomic mass is 9.81. The van der Waals surface area contributed by atoms with Crippen molar-refractivity contribution < 1.29 is 14.3 Å². The van der Waals surface area contributed by atoms with Gasteiger partial charge in [0.05, 0.1) is 18.6 Å². The normalized spacial score (nSPS) is 18.8. The number of hydrogen-bond donors (Lipinski definition) is 2. The number of aliphatic hydroxyl groups excluding tert-OH is 1. The highest BCUT2D eigenvalue weighted by atomic mass is 16.4. The van der Waals surface area contributed by atoms with E-state index in [0.29, 0.717) is 44.9 Å². The van der Waals surface area contributed by atoms with E-state index in [1.807, 2.05) is 30.3 Å². The molecule has 2 N–H and O–H groups in total. The van der Waals surface area contributed by atoms with Gasteiger partial charge in [0.2, 0.25) is 5.91 Å². The standard InChI is InChI=1S/C18H21N3O3/c22-12-18(10-19-11-18)17(23)21-7-6-15-14(9-21)20-16(24-15)8-13-4-2-1-3-5-13/h1-5,19,22H,6-12H2. The number of fused-ring (bicyclic) bond motifs is 1. The molecule has 6 heteroatoms. The van der Waals surface area contributed by atoms with Crippen molar-refractivity contribution in [2.45, 2.75) is 19.4 Å². The molecule has 1 aromatic heterocycles. The summed E-state index contributed by atoms with van der Waals surface area (Å²) in [4.78, 5) is 19.1. The molecule has 0 radical (unpaired) electrons. The first kappa shape index (κ1) is 15.4. The van der Waals surface area contributed by atoms with E-state index in [1.165, 1.54) is 0 Å². The molecule has 2 aliphatic rings. The van der Waals surface area contributed by atoms with Crippen LogP contribution in [0.1, 0.15) is 22.9 Å². The minimum Gasteiger partial charge on any atom is -0.445 e. The second-order valence-electron chi connectivity index (χ2n) is 6.66. The highest BCUT2D eigenvalue weighted by molar-refractivity contribution is 5.84. The number of hydrogen-bond acceptors (Lipinski definition) is 5. The van der Waals surface area contributed by atoms with Crippen LogP contribution < -0.4 is 5.32 Å². The second-order valence-corrected chi connectivity index (χ2v) is 6.66. The van der Waals surface area contributed by atoms with Crippen LogP contribution in [0.3, 0.4) is 0 Å². The molecule has 0 aliphatic carbocycles. The van der Waals surface area contributed by atoms with Crippen molar-refractivity contribution in [2.24, 2.45) is 5.41 Å². The summed E-state index contributed by atoms with van der Waals surface area (Å²) in [5, 5.41) is 12.7. The van der Waals surface area contributed by atoms with Gasteiger partial charge < -0.3 is 19.7 Å². The van der Waals surface area contributed by atoms with Gasteiger partial charge in [-0.25, -0.2) is 4.98 Å². The molecule has 4 rings (SSSR count). The number of aliphatic hydroxyl groups is 1. The van der Waals surface area contributed by atoms with E-state index < -0.39 is 5.41 Å². The first-order chi connectivity index (χ1) is 11.7. The molecule has 0 spiro atoms. The van der Waals surface area contributed by atoms with Crippen molar-refractivity contribution in [2.75, 3.05) is 26.2 Å². The molecule has 2 aromatic rings. The van der Waals surface area contributed by atoms with E-state index in [-0.39, 0.29) is 12.5 Å². The molecular formula is C18H21N3O3. The molecule has 126 valence electrons. The Balaban J connectivity index is 1.48. The fourth-order valence-electron chi connectivity index (χ4n) is 3.36. The van der Waals surface area contributed by atoms with Gasteiger partial charge in [0.15, 0.2) is 5.89 Å². The van der Waals surface area contributed by atoms with Crippen molar-refractivity contribution in [1.29, 1.82) is 0 Å². The minimum absolute atomic E-state index is 0.0157. The quantitative estimate of drug-likeness (QED) is 0.866. The van der Waals surface area contributed by atoms with Crippen LogP contribution in [0.2, 0.25) is 0 Å². The molecule has 2 aliphatic heterocycles. The van der Waals surface area contributed by atoms with Gasteiger partial charge in [-0.2, -0.15) is 0 Å². The Bertz CT molecular complexity index is 732. The van der Waals surface area contributed by atoms with Crippen LogP contribution in [0.25, 0.3) is 0 Å². The van der Waals surface area contributed by atoms with Gasteiger partial charge in [-0.1, -0.05) is 30.3 Å². The Morgan fingerprint density at radius 1 is 1.33 bits per heavy atom. The second kappa shape index (κ2) is 6.03. The first-order valence-electron chi connectivity index (χ1n) is 8.32. The fraction of sp³-hybridized carbons (Fsp3) is 0.444. The fourth-order valence-corrected chi connectivity index (χ4v) is 3.36. The zero-order chi connectivity index (χ0) is 16.6.